The third-order valence-corrected chi connectivity index (χ3v) is 2.37. The predicted molar refractivity (Wildman–Crippen MR) is 68.7 cm³/mol. The highest BCUT2D eigenvalue weighted by molar-refractivity contribution is 5.94. The molecule has 0 aliphatic rings. The van der Waals surface area contributed by atoms with E-state index in [2.05, 4.69) is 0 Å². The van der Waals surface area contributed by atoms with E-state index in [1.54, 1.807) is 0 Å². The molecule has 0 saturated heterocycles. The van der Waals surface area contributed by atoms with Gasteiger partial charge in [-0.3, -0.25) is 25.0 Å². The van der Waals surface area contributed by atoms with Gasteiger partial charge in [-0.2, -0.15) is 0 Å². The fourth-order valence-corrected chi connectivity index (χ4v) is 1.46. The second-order valence-corrected chi connectivity index (χ2v) is 3.81. The summed E-state index contributed by atoms with van der Waals surface area (Å²) in [6, 6.07) is 3.30. The van der Waals surface area contributed by atoms with Gasteiger partial charge in [0, 0.05) is 12.5 Å². The van der Waals surface area contributed by atoms with Crippen LogP contribution in [0.25, 0.3) is 6.08 Å². The fraction of sp³-hybridized carbons (Fsp3) is 0.250. The Morgan fingerprint density at radius 2 is 1.95 bits per heavy atom. The molecule has 1 aromatic carbocycles. The van der Waals surface area contributed by atoms with Crippen LogP contribution in [0.4, 0.5) is 11.4 Å². The van der Waals surface area contributed by atoms with Gasteiger partial charge in [0.25, 0.3) is 11.4 Å². The molecule has 0 aliphatic carbocycles. The highest BCUT2D eigenvalue weighted by Crippen LogP contribution is 2.25. The summed E-state index contributed by atoms with van der Waals surface area (Å²) in [5.74, 6) is -0.143. The van der Waals surface area contributed by atoms with Gasteiger partial charge in [0.1, 0.15) is 0 Å². The van der Waals surface area contributed by atoms with Gasteiger partial charge in [-0.15, -0.1) is 0 Å². The van der Waals surface area contributed by atoms with Crippen LogP contribution >= 0.6 is 0 Å². The van der Waals surface area contributed by atoms with Gasteiger partial charge < -0.3 is 0 Å². The van der Waals surface area contributed by atoms with Gasteiger partial charge in [0.15, 0.2) is 5.78 Å². The van der Waals surface area contributed by atoms with Gasteiger partial charge in [-0.05, 0) is 24.6 Å². The van der Waals surface area contributed by atoms with Gasteiger partial charge in [-0.1, -0.05) is 6.92 Å². The Morgan fingerprint density at radius 3 is 2.47 bits per heavy atom. The molecule has 0 N–H and O–H groups in total. The number of hydrogen-bond donors (Lipinski definition) is 0. The van der Waals surface area contributed by atoms with Gasteiger partial charge in [-0.25, -0.2) is 0 Å². The molecule has 0 bridgehead atoms. The van der Waals surface area contributed by atoms with Crippen molar-refractivity contribution in [3.63, 3.8) is 0 Å². The molecule has 100 valence electrons. The van der Waals surface area contributed by atoms with Crippen LogP contribution in [0.15, 0.2) is 24.3 Å². The number of nitrogens with zero attached hydrogens (tertiary/aromatic N) is 2. The maximum atomic E-state index is 11.3. The minimum absolute atomic E-state index is 0.143. The van der Waals surface area contributed by atoms with Crippen LogP contribution in [0.1, 0.15) is 25.3 Å². The molecule has 1 aromatic rings. The van der Waals surface area contributed by atoms with E-state index in [4.69, 9.17) is 0 Å². The molecular weight excluding hydrogens is 252 g/mol. The molecule has 0 radical (unpaired) electrons. The molecule has 0 saturated carbocycles. The summed E-state index contributed by atoms with van der Waals surface area (Å²) in [6.07, 6.45) is 3.60. The summed E-state index contributed by atoms with van der Waals surface area (Å²) in [7, 11) is 0. The Morgan fingerprint density at radius 1 is 1.26 bits per heavy atom. The zero-order valence-corrected chi connectivity index (χ0v) is 10.2. The van der Waals surface area contributed by atoms with Crippen molar-refractivity contribution in [3.8, 4) is 0 Å². The van der Waals surface area contributed by atoms with E-state index in [1.807, 2.05) is 6.92 Å². The molecule has 19 heavy (non-hydrogen) atoms. The fourth-order valence-electron chi connectivity index (χ4n) is 1.46. The van der Waals surface area contributed by atoms with Crippen molar-refractivity contribution in [2.45, 2.75) is 19.8 Å². The zero-order chi connectivity index (χ0) is 14.4. The van der Waals surface area contributed by atoms with Gasteiger partial charge >= 0.3 is 0 Å². The first-order valence-corrected chi connectivity index (χ1v) is 5.59. The van der Waals surface area contributed by atoms with Crippen molar-refractivity contribution in [3.05, 3.63) is 50.1 Å². The molecule has 1 rings (SSSR count). The number of carbonyl (C=O) groups is 1. The van der Waals surface area contributed by atoms with Crippen LogP contribution in [-0.2, 0) is 4.79 Å². The second-order valence-electron chi connectivity index (χ2n) is 3.81. The predicted octanol–water partition coefficient (Wildman–Crippen LogP) is 2.89. The molecule has 0 atom stereocenters. The number of allylic oxidation sites excluding steroid dienone is 1. The molecule has 0 fully saturated rings. The van der Waals surface area contributed by atoms with E-state index in [9.17, 15) is 25.0 Å². The van der Waals surface area contributed by atoms with E-state index in [-0.39, 0.29) is 17.0 Å². The van der Waals surface area contributed by atoms with Gasteiger partial charge in [0.2, 0.25) is 0 Å². The van der Waals surface area contributed by atoms with Crippen LogP contribution in [0, 0.1) is 20.2 Å². The van der Waals surface area contributed by atoms with Crippen molar-refractivity contribution in [2.24, 2.45) is 0 Å². The number of hydrogen-bond acceptors (Lipinski definition) is 5. The molecule has 0 unspecified atom stereocenters. The first kappa shape index (κ1) is 14.5. The quantitative estimate of drug-likeness (QED) is 0.446. The lowest BCUT2D eigenvalue weighted by Crippen LogP contribution is -1.96. The van der Waals surface area contributed by atoms with Crippen molar-refractivity contribution in [1.82, 2.24) is 0 Å². The first-order valence-electron chi connectivity index (χ1n) is 5.59. The Labute approximate surface area is 108 Å². The average molecular weight is 264 g/mol. The summed E-state index contributed by atoms with van der Waals surface area (Å²) in [5, 5.41) is 21.4. The highest BCUT2D eigenvalue weighted by atomic mass is 16.6. The molecule has 7 heteroatoms. The molecule has 7 nitrogen and oxygen atoms in total. The number of carbonyl (C=O) groups excluding carboxylic acids is 1. The zero-order valence-electron chi connectivity index (χ0n) is 10.2. The Hall–Kier alpha value is -2.57. The monoisotopic (exact) mass is 264 g/mol. The van der Waals surface area contributed by atoms with E-state index in [0.717, 1.165) is 12.1 Å². The summed E-state index contributed by atoms with van der Waals surface area (Å²) in [5.41, 5.74) is -0.585. The summed E-state index contributed by atoms with van der Waals surface area (Å²) in [4.78, 5) is 31.3. The Kier molecular flexibility index (Phi) is 4.87. The lowest BCUT2D eigenvalue weighted by Gasteiger charge is -1.98. The number of non-ortho nitro benzene ring substituents is 1. The molecular formula is C12H12N2O5. The van der Waals surface area contributed by atoms with Crippen LogP contribution in [-0.4, -0.2) is 15.6 Å². The number of ketones is 1. The van der Waals surface area contributed by atoms with Crippen molar-refractivity contribution in [2.75, 3.05) is 0 Å². The third kappa shape index (κ3) is 3.98. The number of rotatable bonds is 6. The van der Waals surface area contributed by atoms with Gasteiger partial charge in [0.05, 0.1) is 21.5 Å². The van der Waals surface area contributed by atoms with Crippen molar-refractivity contribution in [1.29, 1.82) is 0 Å². The Balaban J connectivity index is 3.10. The number of nitro groups is 2. The normalized spacial score (nSPS) is 10.6. The first-order chi connectivity index (χ1) is 8.95. The van der Waals surface area contributed by atoms with E-state index >= 15 is 0 Å². The number of benzene rings is 1. The molecule has 0 aromatic heterocycles. The molecule has 0 heterocycles. The average Bonchev–Trinajstić information content (AvgIpc) is 2.36. The minimum Gasteiger partial charge on any atom is -0.295 e. The molecule has 0 spiro atoms. The smallest absolute Gasteiger partial charge is 0.283 e. The summed E-state index contributed by atoms with van der Waals surface area (Å²) < 4.78 is 0. The summed E-state index contributed by atoms with van der Waals surface area (Å²) >= 11 is 0. The number of nitro benzene ring substituents is 2. The van der Waals surface area contributed by atoms with Crippen molar-refractivity contribution >= 4 is 23.2 Å². The topological polar surface area (TPSA) is 103 Å². The van der Waals surface area contributed by atoms with Crippen LogP contribution in [0.2, 0.25) is 0 Å². The standard InChI is InChI=1S/C12H12N2O5/c1-2-3-11(15)7-5-9-4-6-10(13(16)17)8-12(9)14(18)19/h4-8H,2-3H2,1H3/b7-5+. The largest absolute Gasteiger partial charge is 0.295 e. The summed E-state index contributed by atoms with van der Waals surface area (Å²) in [6.45, 7) is 1.85. The van der Waals surface area contributed by atoms with Crippen LogP contribution in [0.3, 0.4) is 0 Å². The van der Waals surface area contributed by atoms with Crippen LogP contribution < -0.4 is 0 Å². The van der Waals surface area contributed by atoms with E-state index in [1.165, 1.54) is 18.2 Å². The van der Waals surface area contributed by atoms with Crippen molar-refractivity contribution < 1.29 is 14.6 Å². The molecule has 0 amide bonds. The second kappa shape index (κ2) is 6.39. The maximum Gasteiger partial charge on any atom is 0.283 e. The van der Waals surface area contributed by atoms with E-state index in [0.29, 0.717) is 12.8 Å². The highest BCUT2D eigenvalue weighted by Gasteiger charge is 2.17. The lowest BCUT2D eigenvalue weighted by atomic mass is 10.1. The third-order valence-electron chi connectivity index (χ3n) is 2.37. The minimum atomic E-state index is -0.711. The Bertz CT molecular complexity index is 551. The van der Waals surface area contributed by atoms with E-state index < -0.39 is 15.5 Å². The molecule has 0 aliphatic heterocycles. The SMILES string of the molecule is CCCC(=O)/C=C/c1ccc([N+](=O)[O-])cc1[N+](=O)[O-]. The lowest BCUT2D eigenvalue weighted by molar-refractivity contribution is -0.394. The van der Waals surface area contributed by atoms with Crippen LogP contribution in [0.5, 0.6) is 0 Å². The maximum absolute atomic E-state index is 11.3.